The van der Waals surface area contributed by atoms with Crippen LogP contribution in [0.15, 0.2) is 58.9 Å². The van der Waals surface area contributed by atoms with Crippen LogP contribution in [0.25, 0.3) is 0 Å². The van der Waals surface area contributed by atoms with Crippen LogP contribution in [0.1, 0.15) is 21.5 Å². The lowest BCUT2D eigenvalue weighted by molar-refractivity contribution is -0.137. The first-order valence-electron chi connectivity index (χ1n) is 7.40. The predicted molar refractivity (Wildman–Crippen MR) is 95.3 cm³/mol. The van der Waals surface area contributed by atoms with E-state index in [9.17, 15) is 18.0 Å². The Kier molecular flexibility index (Phi) is 5.58. The Hall–Kier alpha value is -2.39. The van der Waals surface area contributed by atoms with Crippen molar-refractivity contribution in [1.82, 2.24) is 10.2 Å². The average molecular weight is 395 g/mol. The van der Waals surface area contributed by atoms with Crippen molar-refractivity contribution in [2.45, 2.75) is 16.3 Å². The number of carbonyl (C=O) groups is 1. The van der Waals surface area contributed by atoms with Gasteiger partial charge >= 0.3 is 6.18 Å². The zero-order chi connectivity index (χ0) is 18.6. The van der Waals surface area contributed by atoms with Crippen LogP contribution in [0.4, 0.5) is 18.3 Å². The van der Waals surface area contributed by atoms with E-state index < -0.39 is 11.7 Å². The van der Waals surface area contributed by atoms with Gasteiger partial charge in [-0.3, -0.25) is 10.1 Å². The Labute approximate surface area is 155 Å². The Bertz CT molecular complexity index is 898. The van der Waals surface area contributed by atoms with Crippen molar-refractivity contribution < 1.29 is 18.0 Å². The van der Waals surface area contributed by atoms with Gasteiger partial charge in [-0.25, -0.2) is 0 Å². The zero-order valence-electron chi connectivity index (χ0n) is 13.2. The third-order valence-corrected chi connectivity index (χ3v) is 5.32. The van der Waals surface area contributed by atoms with Gasteiger partial charge in [0.1, 0.15) is 0 Å². The number of halogens is 3. The maximum absolute atomic E-state index is 12.7. The van der Waals surface area contributed by atoms with Crippen molar-refractivity contribution in [2.24, 2.45) is 0 Å². The molecule has 0 atom stereocenters. The van der Waals surface area contributed by atoms with E-state index in [1.807, 2.05) is 6.07 Å². The van der Waals surface area contributed by atoms with Crippen molar-refractivity contribution in [2.75, 3.05) is 5.32 Å². The van der Waals surface area contributed by atoms with Crippen LogP contribution in [-0.4, -0.2) is 16.1 Å². The first-order chi connectivity index (χ1) is 12.4. The molecule has 0 spiro atoms. The highest BCUT2D eigenvalue weighted by Crippen LogP contribution is 2.32. The normalized spacial score (nSPS) is 11.3. The number of hydrogen-bond acceptors (Lipinski definition) is 5. The van der Waals surface area contributed by atoms with Crippen LogP contribution in [-0.2, 0) is 11.9 Å². The summed E-state index contributed by atoms with van der Waals surface area (Å²) in [6, 6.07) is 13.8. The van der Waals surface area contributed by atoms with Gasteiger partial charge in [-0.1, -0.05) is 59.5 Å². The maximum Gasteiger partial charge on any atom is 0.416 e. The number of amides is 1. The SMILES string of the molecule is O=C(Nc1nnc(SCc2cccc(C(F)(F)F)c2)s1)c1ccccc1. The molecule has 134 valence electrons. The fourth-order valence-electron chi connectivity index (χ4n) is 2.06. The van der Waals surface area contributed by atoms with Gasteiger partial charge in [-0.2, -0.15) is 13.2 Å². The lowest BCUT2D eigenvalue weighted by Crippen LogP contribution is -2.11. The maximum atomic E-state index is 12.7. The topological polar surface area (TPSA) is 54.9 Å². The van der Waals surface area contributed by atoms with E-state index >= 15 is 0 Å². The molecule has 1 heterocycles. The highest BCUT2D eigenvalue weighted by atomic mass is 32.2. The highest BCUT2D eigenvalue weighted by molar-refractivity contribution is 8.00. The number of aromatic nitrogens is 2. The molecular weight excluding hydrogens is 383 g/mol. The average Bonchev–Trinajstić information content (AvgIpc) is 3.07. The molecule has 26 heavy (non-hydrogen) atoms. The molecule has 0 saturated carbocycles. The van der Waals surface area contributed by atoms with Crippen LogP contribution >= 0.6 is 23.1 Å². The summed E-state index contributed by atoms with van der Waals surface area (Å²) in [6.07, 6.45) is -4.36. The minimum Gasteiger partial charge on any atom is -0.296 e. The summed E-state index contributed by atoms with van der Waals surface area (Å²) < 4.78 is 38.7. The van der Waals surface area contributed by atoms with E-state index in [0.29, 0.717) is 26.4 Å². The van der Waals surface area contributed by atoms with Gasteiger partial charge in [-0.05, 0) is 23.8 Å². The molecule has 2 aromatic carbocycles. The van der Waals surface area contributed by atoms with Crippen LogP contribution < -0.4 is 5.32 Å². The highest BCUT2D eigenvalue weighted by Gasteiger charge is 2.30. The molecule has 1 amide bonds. The second-order valence-electron chi connectivity index (χ2n) is 5.18. The summed E-state index contributed by atoms with van der Waals surface area (Å²) in [5, 5.41) is 10.8. The van der Waals surface area contributed by atoms with E-state index in [1.54, 1.807) is 30.3 Å². The fourth-order valence-corrected chi connectivity index (χ4v) is 3.75. The van der Waals surface area contributed by atoms with Crippen molar-refractivity contribution in [3.63, 3.8) is 0 Å². The summed E-state index contributed by atoms with van der Waals surface area (Å²) in [4.78, 5) is 12.0. The van der Waals surface area contributed by atoms with Gasteiger partial charge < -0.3 is 0 Å². The number of hydrogen-bond donors (Lipinski definition) is 1. The van der Waals surface area contributed by atoms with Crippen molar-refractivity contribution in [1.29, 1.82) is 0 Å². The minimum atomic E-state index is -4.36. The number of anilines is 1. The molecule has 0 fully saturated rings. The van der Waals surface area contributed by atoms with Crippen LogP contribution in [0.5, 0.6) is 0 Å². The molecular formula is C17H12F3N3OS2. The summed E-state index contributed by atoms with van der Waals surface area (Å²) >= 11 is 2.43. The number of carbonyl (C=O) groups excluding carboxylic acids is 1. The Morgan fingerprint density at radius 1 is 1.08 bits per heavy atom. The summed E-state index contributed by atoms with van der Waals surface area (Å²) in [6.45, 7) is 0. The molecule has 0 radical (unpaired) electrons. The molecule has 0 bridgehead atoms. The molecule has 3 rings (SSSR count). The number of benzene rings is 2. The van der Waals surface area contributed by atoms with Gasteiger partial charge in [0, 0.05) is 11.3 Å². The molecule has 0 aliphatic carbocycles. The quantitative estimate of drug-likeness (QED) is 0.482. The molecule has 0 unspecified atom stereocenters. The van der Waals surface area contributed by atoms with Crippen molar-refractivity contribution in [3.05, 3.63) is 71.3 Å². The number of thioether (sulfide) groups is 1. The monoisotopic (exact) mass is 395 g/mol. The third-order valence-electron chi connectivity index (χ3n) is 3.28. The third kappa shape index (κ3) is 4.83. The molecule has 0 saturated heterocycles. The first kappa shape index (κ1) is 18.4. The predicted octanol–water partition coefficient (Wildman–Crippen LogP) is 5.10. The molecule has 4 nitrogen and oxygen atoms in total. The van der Waals surface area contributed by atoms with Gasteiger partial charge in [0.25, 0.3) is 5.91 Å². The fraction of sp³-hybridized carbons (Fsp3) is 0.118. The van der Waals surface area contributed by atoms with Crippen molar-refractivity contribution >= 4 is 34.1 Å². The molecule has 1 N–H and O–H groups in total. The number of rotatable bonds is 5. The molecule has 0 aliphatic rings. The lowest BCUT2D eigenvalue weighted by Gasteiger charge is -2.07. The second-order valence-corrected chi connectivity index (χ2v) is 7.38. The summed E-state index contributed by atoms with van der Waals surface area (Å²) in [5.74, 6) is 0.0294. The summed E-state index contributed by atoms with van der Waals surface area (Å²) in [5.41, 5.74) is 0.361. The van der Waals surface area contributed by atoms with Crippen molar-refractivity contribution in [3.8, 4) is 0 Å². The second kappa shape index (κ2) is 7.88. The Morgan fingerprint density at radius 3 is 2.58 bits per heavy atom. The molecule has 9 heteroatoms. The number of nitrogens with zero attached hydrogens (tertiary/aromatic N) is 2. The van der Waals surface area contributed by atoms with E-state index in [-0.39, 0.29) is 5.91 Å². The van der Waals surface area contributed by atoms with E-state index in [4.69, 9.17) is 0 Å². The molecule has 1 aromatic heterocycles. The van der Waals surface area contributed by atoms with E-state index in [1.165, 1.54) is 29.2 Å². The Morgan fingerprint density at radius 2 is 1.85 bits per heavy atom. The van der Waals surface area contributed by atoms with Crippen LogP contribution in [0.2, 0.25) is 0 Å². The van der Waals surface area contributed by atoms with E-state index in [0.717, 1.165) is 12.1 Å². The van der Waals surface area contributed by atoms with Gasteiger partial charge in [0.15, 0.2) is 4.34 Å². The van der Waals surface area contributed by atoms with E-state index in [2.05, 4.69) is 15.5 Å². The minimum absolute atomic E-state index is 0.295. The number of alkyl halides is 3. The summed E-state index contributed by atoms with van der Waals surface area (Å²) in [7, 11) is 0. The zero-order valence-corrected chi connectivity index (χ0v) is 14.8. The van der Waals surface area contributed by atoms with Crippen LogP contribution in [0.3, 0.4) is 0 Å². The van der Waals surface area contributed by atoms with Gasteiger partial charge in [-0.15, -0.1) is 10.2 Å². The van der Waals surface area contributed by atoms with Gasteiger partial charge in [0.05, 0.1) is 5.56 Å². The molecule has 3 aromatic rings. The van der Waals surface area contributed by atoms with Gasteiger partial charge in [0.2, 0.25) is 5.13 Å². The number of nitrogens with one attached hydrogen (secondary N) is 1. The smallest absolute Gasteiger partial charge is 0.296 e. The lowest BCUT2D eigenvalue weighted by atomic mass is 10.1. The standard InChI is InChI=1S/C17H12F3N3OS2/c18-17(19,20)13-8-4-5-11(9-13)10-25-16-23-22-15(26-16)21-14(24)12-6-2-1-3-7-12/h1-9H,10H2,(H,21,22,24). The first-order valence-corrected chi connectivity index (χ1v) is 9.21. The Balaban J connectivity index is 1.60. The molecule has 0 aliphatic heterocycles. The van der Waals surface area contributed by atoms with Crippen LogP contribution in [0, 0.1) is 0 Å². The largest absolute Gasteiger partial charge is 0.416 e.